The highest BCUT2D eigenvalue weighted by Gasteiger charge is 2.69. The van der Waals surface area contributed by atoms with E-state index < -0.39 is 40.8 Å². The molecule has 33 heavy (non-hydrogen) atoms. The minimum Gasteiger partial charge on any atom is -0.478 e. The first-order chi connectivity index (χ1) is 15.6. The van der Waals surface area contributed by atoms with Crippen molar-refractivity contribution in [3.05, 3.63) is 41.6 Å². The number of aliphatic hydroxyl groups excluding tert-OH is 1. The molecule has 6 atom stereocenters. The van der Waals surface area contributed by atoms with Crippen LogP contribution in [-0.4, -0.2) is 78.7 Å². The molecule has 0 aromatic heterocycles. The summed E-state index contributed by atoms with van der Waals surface area (Å²) < 4.78 is -1.18. The molecule has 0 bridgehead atoms. The monoisotopic (exact) mass is 475 g/mol. The van der Waals surface area contributed by atoms with E-state index in [4.69, 9.17) is 5.11 Å². The number of carbonyl (C=O) groups is 4. The van der Waals surface area contributed by atoms with Crippen molar-refractivity contribution in [2.45, 2.75) is 48.5 Å². The van der Waals surface area contributed by atoms with Crippen LogP contribution in [-0.2, 0) is 14.4 Å². The maximum absolute atomic E-state index is 13.1. The highest BCUT2D eigenvalue weighted by molar-refractivity contribution is 8.02. The van der Waals surface area contributed by atoms with E-state index in [2.05, 4.69) is 10.6 Å². The van der Waals surface area contributed by atoms with E-state index in [0.717, 1.165) is 0 Å². The lowest BCUT2D eigenvalue weighted by Gasteiger charge is -2.56. The zero-order valence-corrected chi connectivity index (χ0v) is 18.8. The number of nitrogens with zero attached hydrogens (tertiary/aromatic N) is 1. The maximum atomic E-state index is 13.1. The molecule has 11 heteroatoms. The predicted octanol–water partition coefficient (Wildman–Crippen LogP) is 0.736. The Morgan fingerprint density at radius 1 is 1.27 bits per heavy atom. The second-order valence-corrected chi connectivity index (χ2v) is 10.2. The van der Waals surface area contributed by atoms with E-state index >= 15 is 0 Å². The summed E-state index contributed by atoms with van der Waals surface area (Å²) in [6.07, 6.45) is 0.938. The molecule has 2 fully saturated rings. The molecular formula is C22H25N3O7S. The van der Waals surface area contributed by atoms with Crippen LogP contribution in [0.3, 0.4) is 0 Å². The van der Waals surface area contributed by atoms with Crippen molar-refractivity contribution >= 4 is 41.2 Å². The van der Waals surface area contributed by atoms with Crippen LogP contribution in [0.4, 0.5) is 5.69 Å². The Labute approximate surface area is 194 Å². The van der Waals surface area contributed by atoms with Crippen molar-refractivity contribution in [2.75, 3.05) is 11.9 Å². The Balaban J connectivity index is 1.43. The third kappa shape index (κ3) is 3.79. The van der Waals surface area contributed by atoms with Crippen molar-refractivity contribution in [1.82, 2.24) is 10.2 Å². The Kier molecular flexibility index (Phi) is 5.97. The van der Waals surface area contributed by atoms with Crippen molar-refractivity contribution in [1.29, 1.82) is 0 Å². The standard InChI is InChI=1S/C22H25N3O7S/c1-10-6-16(20(30)31)25-17(10)22(11(2)26,21(25)32)33-14-8-15(23-9-14)18(27)24-13-5-3-4-12(7-13)19(28)29/h3-7,10-11,14-15,17,23,26H,8-9H2,1-2H3,(H,24,27)(H,28,29)(H,30,31)/t10-,11-,14+,15+,17-,22-/m1/s1. The van der Waals surface area contributed by atoms with Gasteiger partial charge in [-0.2, -0.15) is 0 Å². The van der Waals surface area contributed by atoms with Crippen LogP contribution in [0.15, 0.2) is 36.0 Å². The lowest BCUT2D eigenvalue weighted by Crippen LogP contribution is -2.76. The number of hydrogen-bond acceptors (Lipinski definition) is 7. The Hall–Kier alpha value is -2.89. The van der Waals surface area contributed by atoms with E-state index in [1.165, 1.54) is 35.7 Å². The summed E-state index contributed by atoms with van der Waals surface area (Å²) in [5, 5.41) is 34.8. The zero-order valence-electron chi connectivity index (χ0n) is 18.0. The number of thioether (sulfide) groups is 1. The van der Waals surface area contributed by atoms with E-state index in [9.17, 15) is 29.4 Å². The van der Waals surface area contributed by atoms with Crippen molar-refractivity contribution in [3.63, 3.8) is 0 Å². The molecule has 4 rings (SSSR count). The minimum absolute atomic E-state index is 0.0558. The summed E-state index contributed by atoms with van der Waals surface area (Å²) in [7, 11) is 0. The van der Waals surface area contributed by atoms with Crippen LogP contribution in [0.5, 0.6) is 0 Å². The van der Waals surface area contributed by atoms with Gasteiger partial charge in [0.15, 0.2) is 0 Å². The highest BCUT2D eigenvalue weighted by atomic mass is 32.2. The van der Waals surface area contributed by atoms with Crippen LogP contribution in [0.1, 0.15) is 30.6 Å². The van der Waals surface area contributed by atoms with Gasteiger partial charge in [-0.25, -0.2) is 9.59 Å². The van der Waals surface area contributed by atoms with E-state index in [1.807, 2.05) is 6.92 Å². The number of fused-ring (bicyclic) bond motifs is 1. The summed E-state index contributed by atoms with van der Waals surface area (Å²) in [6.45, 7) is 3.79. The Morgan fingerprint density at radius 2 is 2.00 bits per heavy atom. The number of carboxylic acids is 2. The maximum Gasteiger partial charge on any atom is 0.352 e. The van der Waals surface area contributed by atoms with Gasteiger partial charge in [0.2, 0.25) is 11.8 Å². The van der Waals surface area contributed by atoms with Gasteiger partial charge in [-0.3, -0.25) is 14.5 Å². The molecule has 0 saturated carbocycles. The third-order valence-electron chi connectivity index (χ3n) is 6.43. The molecule has 3 aliphatic rings. The second-order valence-electron chi connectivity index (χ2n) is 8.62. The second kappa shape index (κ2) is 8.47. The molecule has 5 N–H and O–H groups in total. The molecule has 1 aromatic rings. The fourth-order valence-electron chi connectivity index (χ4n) is 4.92. The number of benzene rings is 1. The lowest BCUT2D eigenvalue weighted by molar-refractivity contribution is -0.158. The van der Waals surface area contributed by atoms with Crippen LogP contribution in [0, 0.1) is 5.92 Å². The highest BCUT2D eigenvalue weighted by Crippen LogP contribution is 2.55. The normalized spacial score (nSPS) is 31.4. The topological polar surface area (TPSA) is 156 Å². The van der Waals surface area contributed by atoms with E-state index in [-0.39, 0.29) is 28.3 Å². The SMILES string of the molecule is C[C@@H]1C=C(C(=O)O)N2C(=O)[C@@](S[C@@H]3CN[C@H](C(=O)Nc4cccc(C(=O)O)c4)C3)([C@@H](C)O)[C@@H]12. The number of carbonyl (C=O) groups excluding carboxylic acids is 2. The first-order valence-electron chi connectivity index (χ1n) is 10.6. The third-order valence-corrected chi connectivity index (χ3v) is 8.27. The van der Waals surface area contributed by atoms with E-state index in [1.54, 1.807) is 18.2 Å². The minimum atomic E-state index is -1.18. The molecule has 0 aliphatic carbocycles. The van der Waals surface area contributed by atoms with Gasteiger partial charge in [0.1, 0.15) is 10.4 Å². The van der Waals surface area contributed by atoms with Gasteiger partial charge in [-0.05, 0) is 43.5 Å². The number of β-lactam (4-membered cyclic amide) rings is 1. The van der Waals surface area contributed by atoms with Crippen LogP contribution in [0.2, 0.25) is 0 Å². The van der Waals surface area contributed by atoms with Crippen LogP contribution in [0.25, 0.3) is 0 Å². The molecule has 3 aliphatic heterocycles. The smallest absolute Gasteiger partial charge is 0.352 e. The molecule has 0 radical (unpaired) electrons. The molecule has 3 heterocycles. The molecule has 1 aromatic carbocycles. The van der Waals surface area contributed by atoms with Crippen molar-refractivity contribution < 1.29 is 34.5 Å². The lowest BCUT2D eigenvalue weighted by atomic mass is 9.78. The fraction of sp³-hybridized carbons (Fsp3) is 0.455. The van der Waals surface area contributed by atoms with Crippen molar-refractivity contribution in [3.8, 4) is 0 Å². The number of hydrogen-bond donors (Lipinski definition) is 5. The summed E-state index contributed by atoms with van der Waals surface area (Å²) in [5.41, 5.74) is 0.377. The van der Waals surface area contributed by atoms with Gasteiger partial charge in [-0.1, -0.05) is 13.0 Å². The number of amides is 2. The Morgan fingerprint density at radius 3 is 2.64 bits per heavy atom. The fourth-order valence-corrected chi connectivity index (χ4v) is 6.79. The van der Waals surface area contributed by atoms with Gasteiger partial charge in [0.05, 0.1) is 23.8 Å². The number of aromatic carboxylic acids is 1. The summed E-state index contributed by atoms with van der Waals surface area (Å²) in [4.78, 5) is 49.7. The number of rotatable bonds is 7. The van der Waals surface area contributed by atoms with Gasteiger partial charge < -0.3 is 26.0 Å². The largest absolute Gasteiger partial charge is 0.478 e. The first kappa shape index (κ1) is 23.3. The number of carboxylic acid groups (broad SMARTS) is 2. The molecule has 0 spiro atoms. The van der Waals surface area contributed by atoms with Gasteiger partial charge in [0, 0.05) is 17.5 Å². The molecule has 176 valence electrons. The number of aliphatic carboxylic acids is 1. The quantitative estimate of drug-likeness (QED) is 0.359. The number of anilines is 1. The summed E-state index contributed by atoms with van der Waals surface area (Å²) in [5.74, 6) is -3.24. The van der Waals surface area contributed by atoms with Crippen LogP contribution >= 0.6 is 11.8 Å². The summed E-state index contributed by atoms with van der Waals surface area (Å²) >= 11 is 1.30. The molecule has 2 amide bonds. The van der Waals surface area contributed by atoms with Gasteiger partial charge in [0.25, 0.3) is 0 Å². The average Bonchev–Trinajstić information content (AvgIpc) is 3.34. The van der Waals surface area contributed by atoms with E-state index in [0.29, 0.717) is 18.7 Å². The molecule has 0 unspecified atom stereocenters. The Bertz CT molecular complexity index is 1060. The first-order valence-corrected chi connectivity index (χ1v) is 11.5. The summed E-state index contributed by atoms with van der Waals surface area (Å²) in [6, 6.07) is 4.93. The number of nitrogens with one attached hydrogen (secondary N) is 2. The van der Waals surface area contributed by atoms with Gasteiger partial charge in [-0.15, -0.1) is 11.8 Å². The predicted molar refractivity (Wildman–Crippen MR) is 120 cm³/mol. The zero-order chi connectivity index (χ0) is 24.1. The van der Waals surface area contributed by atoms with Gasteiger partial charge >= 0.3 is 11.9 Å². The van der Waals surface area contributed by atoms with Crippen LogP contribution < -0.4 is 10.6 Å². The molecule has 10 nitrogen and oxygen atoms in total. The molecular weight excluding hydrogens is 450 g/mol. The molecule has 2 saturated heterocycles. The van der Waals surface area contributed by atoms with Crippen molar-refractivity contribution in [2.24, 2.45) is 5.92 Å². The average molecular weight is 476 g/mol. The number of aliphatic hydroxyl groups is 1.